The lowest BCUT2D eigenvalue weighted by atomic mass is 10.1. The minimum atomic E-state index is -0.490. The first-order valence-electron chi connectivity index (χ1n) is 6.80. The van der Waals surface area contributed by atoms with Gasteiger partial charge >= 0.3 is 0 Å². The molecule has 2 aromatic carbocycles. The highest BCUT2D eigenvalue weighted by Gasteiger charge is 2.08. The number of hydrogen-bond donors (Lipinski definition) is 2. The summed E-state index contributed by atoms with van der Waals surface area (Å²) in [4.78, 5) is 14.0. The molecular weight excluding hydrogens is 285 g/mol. The highest BCUT2D eigenvalue weighted by atomic mass is 19.1. The Hall–Kier alpha value is -2.66. The van der Waals surface area contributed by atoms with Crippen LogP contribution in [0.1, 0.15) is 11.1 Å². The van der Waals surface area contributed by atoms with Gasteiger partial charge in [0, 0.05) is 11.6 Å². The number of halogens is 1. The number of rotatable bonds is 4. The van der Waals surface area contributed by atoms with Gasteiger partial charge in [-0.15, -0.1) is 0 Å². The summed E-state index contributed by atoms with van der Waals surface area (Å²) in [6.45, 7) is -0.174. The van der Waals surface area contributed by atoms with Crippen LogP contribution in [0.4, 0.5) is 4.39 Å². The second-order valence-electron chi connectivity index (χ2n) is 4.91. The van der Waals surface area contributed by atoms with Crippen LogP contribution in [0, 0.1) is 5.82 Å². The average Bonchev–Trinajstić information content (AvgIpc) is 2.53. The average molecular weight is 299 g/mol. The molecule has 0 radical (unpaired) electrons. The minimum Gasteiger partial charge on any atom is -0.488 e. The molecule has 1 heterocycles. The number of hydrogen-bond acceptors (Lipinski definition) is 3. The summed E-state index contributed by atoms with van der Waals surface area (Å²) in [6.07, 6.45) is 0. The van der Waals surface area contributed by atoms with Gasteiger partial charge in [-0.3, -0.25) is 4.79 Å². The maximum atomic E-state index is 13.5. The monoisotopic (exact) mass is 299 g/mol. The Kier molecular flexibility index (Phi) is 3.89. The van der Waals surface area contributed by atoms with Crippen LogP contribution in [0.15, 0.2) is 53.3 Å². The molecule has 0 amide bonds. The summed E-state index contributed by atoms with van der Waals surface area (Å²) in [7, 11) is 0. The van der Waals surface area contributed by atoms with Crippen LogP contribution in [-0.4, -0.2) is 10.1 Å². The quantitative estimate of drug-likeness (QED) is 0.778. The van der Waals surface area contributed by atoms with Crippen LogP contribution in [0.25, 0.3) is 10.9 Å². The van der Waals surface area contributed by atoms with Crippen LogP contribution >= 0.6 is 0 Å². The van der Waals surface area contributed by atoms with Crippen molar-refractivity contribution in [2.75, 3.05) is 0 Å². The maximum Gasteiger partial charge on any atom is 0.248 e. The number of aliphatic hydroxyl groups is 1. The molecule has 0 spiro atoms. The van der Waals surface area contributed by atoms with Gasteiger partial charge in [-0.05, 0) is 41.3 Å². The number of nitrogens with one attached hydrogen (secondary N) is 1. The van der Waals surface area contributed by atoms with E-state index in [0.717, 1.165) is 16.5 Å². The number of pyridine rings is 1. The topological polar surface area (TPSA) is 62.3 Å². The van der Waals surface area contributed by atoms with E-state index in [1.54, 1.807) is 18.2 Å². The summed E-state index contributed by atoms with van der Waals surface area (Å²) < 4.78 is 19.1. The second kappa shape index (κ2) is 5.99. The van der Waals surface area contributed by atoms with Crippen molar-refractivity contribution >= 4 is 10.9 Å². The number of aliphatic hydroxyl groups excluding tert-OH is 1. The Bertz CT molecular complexity index is 873. The first-order valence-corrected chi connectivity index (χ1v) is 6.80. The zero-order valence-electron chi connectivity index (χ0n) is 11.7. The highest BCUT2D eigenvalue weighted by Crippen LogP contribution is 2.23. The van der Waals surface area contributed by atoms with Crippen molar-refractivity contribution in [1.82, 2.24) is 4.98 Å². The van der Waals surface area contributed by atoms with Crippen molar-refractivity contribution in [3.05, 3.63) is 75.8 Å². The molecule has 0 saturated heterocycles. The Labute approximate surface area is 125 Å². The summed E-state index contributed by atoms with van der Waals surface area (Å²) in [6, 6.07) is 13.2. The Morgan fingerprint density at radius 2 is 2.00 bits per heavy atom. The zero-order valence-corrected chi connectivity index (χ0v) is 11.7. The molecule has 2 N–H and O–H groups in total. The van der Waals surface area contributed by atoms with Crippen molar-refractivity contribution in [2.45, 2.75) is 13.2 Å². The van der Waals surface area contributed by atoms with E-state index in [0.29, 0.717) is 5.75 Å². The van der Waals surface area contributed by atoms with E-state index in [9.17, 15) is 14.3 Å². The molecule has 5 heteroatoms. The third kappa shape index (κ3) is 2.84. The van der Waals surface area contributed by atoms with E-state index in [-0.39, 0.29) is 17.7 Å². The van der Waals surface area contributed by atoms with Gasteiger partial charge in [0.25, 0.3) is 0 Å². The van der Waals surface area contributed by atoms with Gasteiger partial charge in [-0.25, -0.2) is 4.39 Å². The van der Waals surface area contributed by atoms with Gasteiger partial charge in [0.2, 0.25) is 5.56 Å². The molecule has 112 valence electrons. The molecule has 0 saturated carbocycles. The standard InChI is InChI=1S/C17H14FNO3/c18-14-2-1-3-16(13(14)9-20)22-10-11-4-6-15-12(8-11)5-7-17(21)19-15/h1-8,20H,9-10H2,(H,19,21). The molecule has 0 atom stereocenters. The molecule has 3 rings (SSSR count). The molecule has 0 aliphatic heterocycles. The third-order valence-corrected chi connectivity index (χ3v) is 3.42. The van der Waals surface area contributed by atoms with Gasteiger partial charge in [0.1, 0.15) is 18.2 Å². The van der Waals surface area contributed by atoms with Crippen molar-refractivity contribution < 1.29 is 14.2 Å². The summed E-state index contributed by atoms with van der Waals surface area (Å²) in [5, 5.41) is 10.1. The van der Waals surface area contributed by atoms with Crippen molar-refractivity contribution in [3.63, 3.8) is 0 Å². The number of ether oxygens (including phenoxy) is 1. The molecule has 22 heavy (non-hydrogen) atoms. The molecule has 0 aliphatic carbocycles. The fourth-order valence-electron chi connectivity index (χ4n) is 2.28. The van der Waals surface area contributed by atoms with Crippen LogP contribution < -0.4 is 10.3 Å². The third-order valence-electron chi connectivity index (χ3n) is 3.42. The maximum absolute atomic E-state index is 13.5. The molecule has 1 aromatic heterocycles. The number of aromatic nitrogens is 1. The molecule has 4 nitrogen and oxygen atoms in total. The fourth-order valence-corrected chi connectivity index (χ4v) is 2.28. The lowest BCUT2D eigenvalue weighted by Gasteiger charge is -2.11. The molecule has 0 fully saturated rings. The van der Waals surface area contributed by atoms with Gasteiger partial charge in [-0.1, -0.05) is 12.1 Å². The second-order valence-corrected chi connectivity index (χ2v) is 4.91. The minimum absolute atomic E-state index is 0.146. The largest absolute Gasteiger partial charge is 0.488 e. The van der Waals surface area contributed by atoms with E-state index in [4.69, 9.17) is 4.74 Å². The number of H-pyrrole nitrogens is 1. The molecule has 0 aliphatic rings. The molecule has 0 bridgehead atoms. The lowest BCUT2D eigenvalue weighted by molar-refractivity contribution is 0.252. The summed E-state index contributed by atoms with van der Waals surface area (Å²) in [5.74, 6) is -0.167. The molecule has 3 aromatic rings. The van der Waals surface area contributed by atoms with Crippen LogP contribution in [0.5, 0.6) is 5.75 Å². The molecule has 0 unspecified atom stereocenters. The number of fused-ring (bicyclic) bond motifs is 1. The predicted octanol–water partition coefficient (Wildman–Crippen LogP) is 2.74. The van der Waals surface area contributed by atoms with Crippen molar-refractivity contribution in [3.8, 4) is 5.75 Å². The normalized spacial score (nSPS) is 10.8. The van der Waals surface area contributed by atoms with Crippen LogP contribution in [0.3, 0.4) is 0 Å². The first kappa shape index (κ1) is 14.3. The Morgan fingerprint density at radius 3 is 2.82 bits per heavy atom. The van der Waals surface area contributed by atoms with E-state index in [2.05, 4.69) is 4.98 Å². The first-order chi connectivity index (χ1) is 10.7. The van der Waals surface area contributed by atoms with E-state index in [1.165, 1.54) is 18.2 Å². The van der Waals surface area contributed by atoms with Gasteiger partial charge in [-0.2, -0.15) is 0 Å². The van der Waals surface area contributed by atoms with E-state index >= 15 is 0 Å². The summed E-state index contributed by atoms with van der Waals surface area (Å²) >= 11 is 0. The Morgan fingerprint density at radius 1 is 1.14 bits per heavy atom. The lowest BCUT2D eigenvalue weighted by Crippen LogP contribution is -2.03. The van der Waals surface area contributed by atoms with Crippen molar-refractivity contribution in [1.29, 1.82) is 0 Å². The highest BCUT2D eigenvalue weighted by molar-refractivity contribution is 5.78. The molecular formula is C17H14FNO3. The van der Waals surface area contributed by atoms with Crippen LogP contribution in [0.2, 0.25) is 0 Å². The predicted molar refractivity (Wildman–Crippen MR) is 81.2 cm³/mol. The van der Waals surface area contributed by atoms with Crippen molar-refractivity contribution in [2.24, 2.45) is 0 Å². The SMILES string of the molecule is O=c1ccc2cc(COc3cccc(F)c3CO)ccc2[nH]1. The zero-order chi connectivity index (χ0) is 15.5. The summed E-state index contributed by atoms with van der Waals surface area (Å²) in [5.41, 5.74) is 1.63. The number of aromatic amines is 1. The smallest absolute Gasteiger partial charge is 0.248 e. The van der Waals surface area contributed by atoms with E-state index < -0.39 is 12.4 Å². The Balaban J connectivity index is 1.84. The van der Waals surface area contributed by atoms with Gasteiger partial charge < -0.3 is 14.8 Å². The van der Waals surface area contributed by atoms with Crippen LogP contribution in [-0.2, 0) is 13.2 Å². The van der Waals surface area contributed by atoms with Gasteiger partial charge in [0.05, 0.1) is 12.2 Å². The number of benzene rings is 2. The van der Waals surface area contributed by atoms with Gasteiger partial charge in [0.15, 0.2) is 0 Å². The fraction of sp³-hybridized carbons (Fsp3) is 0.118. The van der Waals surface area contributed by atoms with E-state index in [1.807, 2.05) is 12.1 Å².